The summed E-state index contributed by atoms with van der Waals surface area (Å²) in [4.78, 5) is 29.6. The Morgan fingerprint density at radius 1 is 0.939 bits per heavy atom. The number of fused-ring (bicyclic) bond motifs is 1. The maximum atomic E-state index is 13.2. The van der Waals surface area contributed by atoms with Crippen molar-refractivity contribution in [2.24, 2.45) is 0 Å². The van der Waals surface area contributed by atoms with Crippen molar-refractivity contribution in [1.82, 2.24) is 5.32 Å². The van der Waals surface area contributed by atoms with Crippen molar-refractivity contribution in [2.45, 2.75) is 19.4 Å². The van der Waals surface area contributed by atoms with E-state index in [2.05, 4.69) is 46.6 Å². The largest absolute Gasteiger partial charge is 0.367 e. The van der Waals surface area contributed by atoms with Crippen LogP contribution in [0.5, 0.6) is 0 Å². The average molecular weight is 454 g/mol. The monoisotopic (exact) mass is 453 g/mol. The molecule has 0 aliphatic carbocycles. The van der Waals surface area contributed by atoms with Gasteiger partial charge >= 0.3 is 0 Å². The lowest BCUT2D eigenvalue weighted by Gasteiger charge is -2.32. The second-order valence-electron chi connectivity index (χ2n) is 8.19. The minimum atomic E-state index is -0.472. The quantitative estimate of drug-likeness (QED) is 0.360. The molecule has 0 unspecified atom stereocenters. The number of thiocarbonyl (C=S) groups is 1. The number of carbonyl (C=O) groups excluding carboxylic acids is 2. The van der Waals surface area contributed by atoms with E-state index in [-0.39, 0.29) is 10.7 Å². The molecule has 6 heteroatoms. The number of carbonyl (C=O) groups is 2. The van der Waals surface area contributed by atoms with Crippen LogP contribution in [0, 0.1) is 0 Å². The van der Waals surface area contributed by atoms with Crippen molar-refractivity contribution in [3.63, 3.8) is 0 Å². The molecule has 0 aromatic heterocycles. The van der Waals surface area contributed by atoms with Gasteiger partial charge in [0.15, 0.2) is 5.11 Å². The number of anilines is 2. The summed E-state index contributed by atoms with van der Waals surface area (Å²) in [6, 6.07) is 25.7. The molecule has 0 saturated carbocycles. The Balaban J connectivity index is 1.44. The first-order chi connectivity index (χ1) is 16.1. The lowest BCUT2D eigenvalue weighted by Crippen LogP contribution is -2.54. The normalized spacial score (nSPS) is 17.2. The molecule has 1 saturated heterocycles. The van der Waals surface area contributed by atoms with Gasteiger partial charge in [-0.1, -0.05) is 54.6 Å². The fourth-order valence-corrected chi connectivity index (χ4v) is 4.67. The Kier molecular flexibility index (Phi) is 5.75. The molecule has 1 fully saturated rings. The summed E-state index contributed by atoms with van der Waals surface area (Å²) < 4.78 is 0. The van der Waals surface area contributed by atoms with Crippen molar-refractivity contribution < 1.29 is 9.59 Å². The van der Waals surface area contributed by atoms with Crippen LogP contribution in [-0.4, -0.2) is 23.5 Å². The summed E-state index contributed by atoms with van der Waals surface area (Å²) in [6.07, 6.45) is 3.69. The third-order valence-electron chi connectivity index (χ3n) is 5.96. The maximum Gasteiger partial charge on any atom is 0.270 e. The van der Waals surface area contributed by atoms with E-state index in [4.69, 9.17) is 12.2 Å². The van der Waals surface area contributed by atoms with Crippen molar-refractivity contribution in [3.05, 3.63) is 101 Å². The highest BCUT2D eigenvalue weighted by molar-refractivity contribution is 7.80. The van der Waals surface area contributed by atoms with Gasteiger partial charge in [-0.15, -0.1) is 0 Å². The van der Waals surface area contributed by atoms with Crippen molar-refractivity contribution >= 4 is 46.6 Å². The molecule has 0 bridgehead atoms. The third-order valence-corrected chi connectivity index (χ3v) is 6.25. The zero-order chi connectivity index (χ0) is 22.8. The summed E-state index contributed by atoms with van der Waals surface area (Å²) in [5, 5.41) is 2.74. The number of aryl methyl sites for hydroxylation is 1. The van der Waals surface area contributed by atoms with E-state index in [1.165, 1.54) is 21.7 Å². The topological polar surface area (TPSA) is 52.7 Å². The predicted octanol–water partition coefficient (Wildman–Crippen LogP) is 4.47. The van der Waals surface area contributed by atoms with Crippen LogP contribution in [0.1, 0.15) is 23.1 Å². The van der Waals surface area contributed by atoms with Crippen LogP contribution in [-0.2, 0) is 22.6 Å². The first kappa shape index (κ1) is 21.1. The number of nitrogens with one attached hydrogen (secondary N) is 1. The van der Waals surface area contributed by atoms with Gasteiger partial charge in [0, 0.05) is 18.8 Å². The second-order valence-corrected chi connectivity index (χ2v) is 8.58. The number of para-hydroxylation sites is 1. The molecular weight excluding hydrogens is 430 g/mol. The van der Waals surface area contributed by atoms with E-state index in [9.17, 15) is 9.59 Å². The van der Waals surface area contributed by atoms with Crippen LogP contribution in [0.25, 0.3) is 6.08 Å². The maximum absolute atomic E-state index is 13.2. The molecule has 2 aliphatic heterocycles. The van der Waals surface area contributed by atoms with Crippen LogP contribution >= 0.6 is 12.2 Å². The smallest absolute Gasteiger partial charge is 0.270 e. The molecule has 2 amide bonds. The minimum Gasteiger partial charge on any atom is -0.367 e. The van der Waals surface area contributed by atoms with Gasteiger partial charge in [0.25, 0.3) is 11.8 Å². The number of amides is 2. The van der Waals surface area contributed by atoms with Gasteiger partial charge in [-0.3, -0.25) is 19.8 Å². The molecule has 0 radical (unpaired) electrons. The molecule has 3 aromatic rings. The second kappa shape index (κ2) is 9.00. The number of benzene rings is 3. The van der Waals surface area contributed by atoms with Crippen LogP contribution < -0.4 is 15.1 Å². The molecule has 0 spiro atoms. The zero-order valence-corrected chi connectivity index (χ0v) is 18.8. The van der Waals surface area contributed by atoms with Gasteiger partial charge in [-0.05, 0) is 72.1 Å². The highest BCUT2D eigenvalue weighted by Gasteiger charge is 2.34. The summed E-state index contributed by atoms with van der Waals surface area (Å²) in [7, 11) is 0. The van der Waals surface area contributed by atoms with Crippen LogP contribution in [0.2, 0.25) is 0 Å². The molecule has 5 nitrogen and oxygen atoms in total. The Labute approximate surface area is 198 Å². The summed E-state index contributed by atoms with van der Waals surface area (Å²) >= 11 is 5.27. The van der Waals surface area contributed by atoms with Crippen LogP contribution in [0.4, 0.5) is 11.4 Å². The fraction of sp³-hybridized carbons (Fsp3) is 0.148. The summed E-state index contributed by atoms with van der Waals surface area (Å²) in [5.74, 6) is -0.890. The van der Waals surface area contributed by atoms with E-state index in [0.29, 0.717) is 5.69 Å². The molecule has 1 N–H and O–H groups in total. The van der Waals surface area contributed by atoms with Gasteiger partial charge in [-0.2, -0.15) is 0 Å². The van der Waals surface area contributed by atoms with Crippen molar-refractivity contribution in [2.75, 3.05) is 16.3 Å². The highest BCUT2D eigenvalue weighted by Crippen LogP contribution is 2.30. The van der Waals surface area contributed by atoms with Gasteiger partial charge in [0.1, 0.15) is 5.57 Å². The number of rotatable bonds is 4. The number of nitrogens with zero attached hydrogens (tertiary/aromatic N) is 2. The zero-order valence-electron chi connectivity index (χ0n) is 18.0. The first-order valence-corrected chi connectivity index (χ1v) is 11.4. The van der Waals surface area contributed by atoms with E-state index in [1.807, 2.05) is 30.3 Å². The van der Waals surface area contributed by atoms with Crippen molar-refractivity contribution in [1.29, 1.82) is 0 Å². The molecule has 0 atom stereocenters. The Bertz CT molecular complexity index is 1250. The summed E-state index contributed by atoms with van der Waals surface area (Å²) in [6.45, 7) is 1.87. The SMILES string of the molecule is O=C1NC(=S)N(c2ccccc2)C(=O)C1=Cc1ccc2c(c1)CCCN2Cc1ccccc1. The fourth-order valence-electron chi connectivity index (χ4n) is 4.39. The lowest BCUT2D eigenvalue weighted by molar-refractivity contribution is -0.122. The Hall–Kier alpha value is -3.77. The molecule has 2 aliphatic rings. The Morgan fingerprint density at radius 3 is 2.42 bits per heavy atom. The van der Waals surface area contributed by atoms with Crippen LogP contribution in [0.3, 0.4) is 0 Å². The van der Waals surface area contributed by atoms with Gasteiger partial charge < -0.3 is 4.90 Å². The van der Waals surface area contributed by atoms with Crippen molar-refractivity contribution in [3.8, 4) is 0 Å². The standard InChI is InChI=1S/C27H23N3O2S/c31-25-23(26(32)30(27(33)28-25)22-11-5-2-6-12-22)17-20-13-14-24-21(16-20)10-7-15-29(24)18-19-8-3-1-4-9-19/h1-6,8-9,11-14,16-17H,7,10,15,18H2,(H,28,31,33). The van der Waals surface area contributed by atoms with E-state index < -0.39 is 11.8 Å². The number of hydrogen-bond donors (Lipinski definition) is 1. The van der Waals surface area contributed by atoms with Gasteiger partial charge in [0.05, 0.1) is 5.69 Å². The molecule has 164 valence electrons. The average Bonchev–Trinajstić information content (AvgIpc) is 2.83. The van der Waals surface area contributed by atoms with E-state index >= 15 is 0 Å². The van der Waals surface area contributed by atoms with E-state index in [0.717, 1.165) is 31.5 Å². The van der Waals surface area contributed by atoms with Gasteiger partial charge in [-0.25, -0.2) is 0 Å². The molecule has 3 aromatic carbocycles. The van der Waals surface area contributed by atoms with Gasteiger partial charge in [0.2, 0.25) is 0 Å². The lowest BCUT2D eigenvalue weighted by atomic mass is 9.97. The van der Waals surface area contributed by atoms with E-state index in [1.54, 1.807) is 18.2 Å². The third kappa shape index (κ3) is 4.30. The predicted molar refractivity (Wildman–Crippen MR) is 135 cm³/mol. The summed E-state index contributed by atoms with van der Waals surface area (Å²) in [5.41, 5.74) is 5.24. The van der Waals surface area contributed by atoms with Crippen LogP contribution in [0.15, 0.2) is 84.4 Å². The molecule has 2 heterocycles. The Morgan fingerprint density at radius 2 is 1.67 bits per heavy atom. The first-order valence-electron chi connectivity index (χ1n) is 11.0. The molecular formula is C27H23N3O2S. The highest BCUT2D eigenvalue weighted by atomic mass is 32.1. The minimum absolute atomic E-state index is 0.0735. The molecule has 33 heavy (non-hydrogen) atoms. The number of hydrogen-bond acceptors (Lipinski definition) is 4. The molecule has 5 rings (SSSR count).